The van der Waals surface area contributed by atoms with Crippen molar-refractivity contribution in [1.82, 2.24) is 15.0 Å². The molecule has 0 aliphatic rings. The molecule has 10 rings (SSSR count). The molecule has 0 unspecified atom stereocenters. The van der Waals surface area contributed by atoms with Crippen molar-refractivity contribution in [3.05, 3.63) is 164 Å². The molecule has 0 spiro atoms. The van der Waals surface area contributed by atoms with Crippen LogP contribution in [0.5, 0.6) is 0 Å². The topological polar surface area (TPSA) is 38.7 Å². The fourth-order valence-electron chi connectivity index (χ4n) is 7.05. The number of fused-ring (bicyclic) bond motifs is 6. The van der Waals surface area contributed by atoms with Crippen LogP contribution in [0.3, 0.4) is 0 Å². The van der Waals surface area contributed by atoms with Crippen LogP contribution in [0.25, 0.3) is 97.8 Å². The molecule has 4 heteroatoms. The Labute approximate surface area is 286 Å². The molecule has 0 aliphatic carbocycles. The molecule has 0 bridgehead atoms. The van der Waals surface area contributed by atoms with E-state index in [1.165, 1.54) is 47.5 Å². The lowest BCUT2D eigenvalue weighted by atomic mass is 9.94. The maximum absolute atomic E-state index is 5.17. The highest BCUT2D eigenvalue weighted by Crippen LogP contribution is 2.40. The number of hydrogen-bond donors (Lipinski definition) is 0. The third-order valence-corrected chi connectivity index (χ3v) is 10.7. The second kappa shape index (κ2) is 11.2. The standard InChI is InChI=1S/C45H27N3S/c1-3-11-30-25-33(19-17-28(30)9-1)43-46-44(34-20-18-29-10-2-4-12-31(29)26-34)48-45(47-43)39-23-22-35(36-13-5-6-14-37(36)39)32-21-24-42-40(27-32)38-15-7-8-16-41(38)49-42/h1-27H. The number of nitrogens with zero attached hydrogens (tertiary/aromatic N) is 3. The summed E-state index contributed by atoms with van der Waals surface area (Å²) in [6.07, 6.45) is 0. The lowest BCUT2D eigenvalue weighted by Crippen LogP contribution is -2.01. The summed E-state index contributed by atoms with van der Waals surface area (Å²) in [4.78, 5) is 15.4. The zero-order valence-corrected chi connectivity index (χ0v) is 27.2. The van der Waals surface area contributed by atoms with Gasteiger partial charge in [-0.3, -0.25) is 0 Å². The Kier molecular flexibility index (Phi) is 6.36. The van der Waals surface area contributed by atoms with Crippen molar-refractivity contribution in [1.29, 1.82) is 0 Å². The van der Waals surface area contributed by atoms with Crippen LogP contribution >= 0.6 is 11.3 Å². The molecule has 49 heavy (non-hydrogen) atoms. The highest BCUT2D eigenvalue weighted by atomic mass is 32.1. The molecular weight excluding hydrogens is 615 g/mol. The Morgan fingerprint density at radius 3 is 1.47 bits per heavy atom. The van der Waals surface area contributed by atoms with Gasteiger partial charge in [0.2, 0.25) is 0 Å². The van der Waals surface area contributed by atoms with Gasteiger partial charge < -0.3 is 0 Å². The highest BCUT2D eigenvalue weighted by molar-refractivity contribution is 7.25. The molecule has 10 aromatic rings. The summed E-state index contributed by atoms with van der Waals surface area (Å²) in [6.45, 7) is 0. The number of rotatable bonds is 4. The van der Waals surface area contributed by atoms with E-state index in [1.807, 2.05) is 11.3 Å². The van der Waals surface area contributed by atoms with E-state index in [-0.39, 0.29) is 0 Å². The first-order valence-electron chi connectivity index (χ1n) is 16.4. The van der Waals surface area contributed by atoms with E-state index < -0.39 is 0 Å². The number of benzene rings is 8. The average molecular weight is 642 g/mol. The third-order valence-electron chi connectivity index (χ3n) is 9.50. The second-order valence-corrected chi connectivity index (χ2v) is 13.5. The van der Waals surface area contributed by atoms with Crippen LogP contribution in [0.2, 0.25) is 0 Å². The summed E-state index contributed by atoms with van der Waals surface area (Å²) >= 11 is 1.85. The molecule has 0 radical (unpaired) electrons. The van der Waals surface area contributed by atoms with Crippen LogP contribution in [-0.2, 0) is 0 Å². The van der Waals surface area contributed by atoms with Gasteiger partial charge in [-0.25, -0.2) is 15.0 Å². The lowest BCUT2D eigenvalue weighted by Gasteiger charge is -2.13. The Morgan fingerprint density at radius 2 is 0.796 bits per heavy atom. The zero-order chi connectivity index (χ0) is 32.3. The first-order chi connectivity index (χ1) is 24.2. The lowest BCUT2D eigenvalue weighted by molar-refractivity contribution is 1.08. The van der Waals surface area contributed by atoms with Crippen molar-refractivity contribution in [2.45, 2.75) is 0 Å². The van der Waals surface area contributed by atoms with Gasteiger partial charge in [-0.05, 0) is 79.8 Å². The van der Waals surface area contributed by atoms with Gasteiger partial charge in [0, 0.05) is 36.9 Å². The first kappa shape index (κ1) is 27.8. The summed E-state index contributed by atoms with van der Waals surface area (Å²) in [5.74, 6) is 1.96. The molecule has 0 fully saturated rings. The Hall–Kier alpha value is -6.23. The predicted octanol–water partition coefficient (Wildman–Crippen LogP) is 12.4. The van der Waals surface area contributed by atoms with Crippen molar-refractivity contribution in [2.75, 3.05) is 0 Å². The van der Waals surface area contributed by atoms with Crippen molar-refractivity contribution >= 4 is 63.8 Å². The maximum Gasteiger partial charge on any atom is 0.164 e. The monoisotopic (exact) mass is 641 g/mol. The molecule has 0 saturated carbocycles. The van der Waals surface area contributed by atoms with Gasteiger partial charge in [0.1, 0.15) is 0 Å². The Balaban J connectivity index is 1.18. The van der Waals surface area contributed by atoms with E-state index in [0.717, 1.165) is 32.8 Å². The summed E-state index contributed by atoms with van der Waals surface area (Å²) in [5, 5.41) is 9.55. The first-order valence-corrected chi connectivity index (χ1v) is 17.3. The fourth-order valence-corrected chi connectivity index (χ4v) is 8.14. The van der Waals surface area contributed by atoms with E-state index in [1.54, 1.807) is 0 Å². The third kappa shape index (κ3) is 4.76. The van der Waals surface area contributed by atoms with Crippen LogP contribution in [0.15, 0.2) is 164 Å². The predicted molar refractivity (Wildman–Crippen MR) is 207 cm³/mol. The minimum Gasteiger partial charge on any atom is -0.208 e. The zero-order valence-electron chi connectivity index (χ0n) is 26.3. The van der Waals surface area contributed by atoms with E-state index in [4.69, 9.17) is 15.0 Å². The van der Waals surface area contributed by atoms with Crippen molar-refractivity contribution < 1.29 is 0 Å². The van der Waals surface area contributed by atoms with Gasteiger partial charge in [0.15, 0.2) is 17.5 Å². The normalized spacial score (nSPS) is 11.7. The maximum atomic E-state index is 5.17. The minimum absolute atomic E-state index is 0.654. The van der Waals surface area contributed by atoms with Crippen LogP contribution in [-0.4, -0.2) is 15.0 Å². The molecule has 0 N–H and O–H groups in total. The quantitative estimate of drug-likeness (QED) is 0.192. The van der Waals surface area contributed by atoms with Crippen LogP contribution in [0.1, 0.15) is 0 Å². The summed E-state index contributed by atoms with van der Waals surface area (Å²) in [6, 6.07) is 58.1. The SMILES string of the molecule is c1ccc2cc(-c3nc(-c4ccc5ccccc5c4)nc(-c4ccc(-c5ccc6sc7ccccc7c6c5)c5ccccc45)n3)ccc2c1. The average Bonchev–Trinajstić information content (AvgIpc) is 3.55. The molecule has 3 nitrogen and oxygen atoms in total. The van der Waals surface area contributed by atoms with Gasteiger partial charge in [-0.2, -0.15) is 0 Å². The number of hydrogen-bond acceptors (Lipinski definition) is 4. The Bertz CT molecular complexity index is 2810. The molecule has 2 heterocycles. The van der Waals surface area contributed by atoms with Crippen molar-refractivity contribution in [3.63, 3.8) is 0 Å². The molecule has 0 aliphatic heterocycles. The van der Waals surface area contributed by atoms with Gasteiger partial charge in [0.05, 0.1) is 0 Å². The van der Waals surface area contributed by atoms with Gasteiger partial charge in [-0.1, -0.05) is 127 Å². The van der Waals surface area contributed by atoms with Crippen molar-refractivity contribution in [3.8, 4) is 45.3 Å². The molecule has 228 valence electrons. The molecule has 8 aromatic carbocycles. The smallest absolute Gasteiger partial charge is 0.164 e. The molecule has 2 aromatic heterocycles. The van der Waals surface area contributed by atoms with E-state index in [0.29, 0.717) is 17.5 Å². The number of aromatic nitrogens is 3. The molecule has 0 saturated heterocycles. The van der Waals surface area contributed by atoms with Gasteiger partial charge >= 0.3 is 0 Å². The van der Waals surface area contributed by atoms with E-state index >= 15 is 0 Å². The van der Waals surface area contributed by atoms with Gasteiger partial charge in [0.25, 0.3) is 0 Å². The largest absolute Gasteiger partial charge is 0.208 e. The van der Waals surface area contributed by atoms with Gasteiger partial charge in [-0.15, -0.1) is 11.3 Å². The molecule has 0 amide bonds. The molecular formula is C45H27N3S. The van der Waals surface area contributed by atoms with Crippen molar-refractivity contribution in [2.24, 2.45) is 0 Å². The van der Waals surface area contributed by atoms with E-state index in [2.05, 4.69) is 164 Å². The summed E-state index contributed by atoms with van der Waals surface area (Å²) in [5.41, 5.74) is 5.29. The molecule has 0 atom stereocenters. The highest BCUT2D eigenvalue weighted by Gasteiger charge is 2.17. The van der Waals surface area contributed by atoms with Crippen LogP contribution in [0.4, 0.5) is 0 Å². The summed E-state index contributed by atoms with van der Waals surface area (Å²) in [7, 11) is 0. The summed E-state index contributed by atoms with van der Waals surface area (Å²) < 4.78 is 2.62. The Morgan fingerprint density at radius 1 is 0.306 bits per heavy atom. The number of thiophene rings is 1. The minimum atomic E-state index is 0.654. The second-order valence-electron chi connectivity index (χ2n) is 12.4. The van der Waals surface area contributed by atoms with Crippen LogP contribution in [0, 0.1) is 0 Å². The van der Waals surface area contributed by atoms with Crippen LogP contribution < -0.4 is 0 Å². The fraction of sp³-hybridized carbons (Fsp3) is 0. The van der Waals surface area contributed by atoms with E-state index in [9.17, 15) is 0 Å².